The van der Waals surface area contributed by atoms with Crippen molar-refractivity contribution in [3.8, 4) is 0 Å². The maximum atomic E-state index is 11.3. The highest BCUT2D eigenvalue weighted by molar-refractivity contribution is 6.35. The first-order chi connectivity index (χ1) is 8.29. The first-order valence-electron chi connectivity index (χ1n) is 5.30. The van der Waals surface area contributed by atoms with Gasteiger partial charge in [-0.25, -0.2) is 4.79 Å². The normalized spacial score (nSPS) is 13.1. The van der Waals surface area contributed by atoms with Crippen LogP contribution in [0, 0.1) is 0 Å². The second-order valence-electron chi connectivity index (χ2n) is 3.48. The lowest BCUT2D eigenvalue weighted by Crippen LogP contribution is -2.50. The maximum Gasteiger partial charge on any atom is 0.328 e. The summed E-state index contributed by atoms with van der Waals surface area (Å²) in [6.45, 7) is 4.32. The molecule has 0 aromatic heterocycles. The van der Waals surface area contributed by atoms with E-state index in [2.05, 4.69) is 10.1 Å². The molecule has 0 rings (SSSR count). The molecule has 0 aliphatic carbocycles. The minimum absolute atomic E-state index is 0.154. The van der Waals surface area contributed by atoms with Crippen molar-refractivity contribution in [1.29, 1.82) is 0 Å². The van der Waals surface area contributed by atoms with Crippen LogP contribution in [0.4, 0.5) is 0 Å². The zero-order valence-electron chi connectivity index (χ0n) is 10.4. The average molecular weight is 260 g/mol. The van der Waals surface area contributed by atoms with Crippen LogP contribution in [-0.2, 0) is 23.9 Å². The molecule has 0 saturated carbocycles. The Kier molecular flexibility index (Phi) is 6.40. The lowest BCUT2D eigenvalue weighted by Gasteiger charge is -2.13. The number of nitrogens with one attached hydrogen (secondary N) is 2. The van der Waals surface area contributed by atoms with E-state index in [4.69, 9.17) is 5.11 Å². The van der Waals surface area contributed by atoms with Crippen LogP contribution in [0.3, 0.4) is 0 Å². The fraction of sp³-hybridized carbons (Fsp3) is 0.600. The molecular weight excluding hydrogens is 244 g/mol. The van der Waals surface area contributed by atoms with Crippen molar-refractivity contribution in [3.05, 3.63) is 0 Å². The summed E-state index contributed by atoms with van der Waals surface area (Å²) in [5, 5.41) is 12.6. The molecule has 3 N–H and O–H groups in total. The van der Waals surface area contributed by atoms with Crippen LogP contribution < -0.4 is 10.6 Å². The van der Waals surface area contributed by atoms with Gasteiger partial charge in [-0.2, -0.15) is 0 Å². The lowest BCUT2D eigenvalue weighted by molar-refractivity contribution is -0.149. The third kappa shape index (κ3) is 5.28. The van der Waals surface area contributed by atoms with Crippen molar-refractivity contribution in [3.63, 3.8) is 0 Å². The Bertz CT molecular complexity index is 354. The van der Waals surface area contributed by atoms with Gasteiger partial charge in [-0.1, -0.05) is 0 Å². The minimum Gasteiger partial charge on any atom is -0.480 e. The van der Waals surface area contributed by atoms with Gasteiger partial charge in [-0.05, 0) is 20.8 Å². The molecule has 0 aliphatic heterocycles. The summed E-state index contributed by atoms with van der Waals surface area (Å²) in [5.41, 5.74) is 0. The van der Waals surface area contributed by atoms with Crippen molar-refractivity contribution in [2.75, 3.05) is 6.61 Å². The zero-order valence-corrected chi connectivity index (χ0v) is 10.4. The second kappa shape index (κ2) is 7.25. The van der Waals surface area contributed by atoms with E-state index >= 15 is 0 Å². The molecule has 0 aromatic carbocycles. The molecule has 0 radical (unpaired) electrons. The molecule has 102 valence electrons. The van der Waals surface area contributed by atoms with Crippen LogP contribution in [0.2, 0.25) is 0 Å². The smallest absolute Gasteiger partial charge is 0.328 e. The molecule has 0 aliphatic rings. The molecule has 8 heteroatoms. The van der Waals surface area contributed by atoms with Crippen molar-refractivity contribution in [2.24, 2.45) is 0 Å². The fourth-order valence-electron chi connectivity index (χ4n) is 0.912. The van der Waals surface area contributed by atoms with Gasteiger partial charge < -0.3 is 20.5 Å². The topological polar surface area (TPSA) is 122 Å². The number of carbonyl (C=O) groups is 4. The molecule has 0 aromatic rings. The number of amides is 2. The number of hydrogen-bond donors (Lipinski definition) is 3. The number of esters is 1. The summed E-state index contributed by atoms with van der Waals surface area (Å²) < 4.78 is 4.62. The van der Waals surface area contributed by atoms with Crippen molar-refractivity contribution < 1.29 is 29.0 Å². The molecule has 2 amide bonds. The highest BCUT2D eigenvalue weighted by Crippen LogP contribution is 1.89. The van der Waals surface area contributed by atoms with E-state index in [1.54, 1.807) is 6.92 Å². The molecule has 0 heterocycles. The Balaban J connectivity index is 4.28. The third-order valence-corrected chi connectivity index (χ3v) is 1.91. The van der Waals surface area contributed by atoms with Crippen molar-refractivity contribution in [1.82, 2.24) is 10.6 Å². The standard InChI is InChI=1S/C10H16N2O6/c1-4-18-10(17)6(3)12-8(14)7(13)11-5(2)9(15)16/h5-6H,4H2,1-3H3,(H,11,13)(H,12,14)(H,15,16)/t5-,6-/m0/s1. The first kappa shape index (κ1) is 15.9. The number of aliphatic carboxylic acids is 1. The van der Waals surface area contributed by atoms with Crippen LogP contribution in [-0.4, -0.2) is 47.6 Å². The Labute approximate surface area is 104 Å². The van der Waals surface area contributed by atoms with Crippen LogP contribution in [0.25, 0.3) is 0 Å². The third-order valence-electron chi connectivity index (χ3n) is 1.91. The van der Waals surface area contributed by atoms with E-state index < -0.39 is 35.8 Å². The zero-order chi connectivity index (χ0) is 14.3. The van der Waals surface area contributed by atoms with Gasteiger partial charge >= 0.3 is 23.8 Å². The summed E-state index contributed by atoms with van der Waals surface area (Å²) in [6.07, 6.45) is 0. The summed E-state index contributed by atoms with van der Waals surface area (Å²) in [5.74, 6) is -4.16. The molecule has 2 atom stereocenters. The molecule has 0 saturated heterocycles. The number of carboxylic acids is 1. The van der Waals surface area contributed by atoms with Crippen LogP contribution in [0.1, 0.15) is 20.8 Å². The molecule has 18 heavy (non-hydrogen) atoms. The van der Waals surface area contributed by atoms with E-state index in [0.717, 1.165) is 0 Å². The minimum atomic E-state index is -1.27. The van der Waals surface area contributed by atoms with E-state index in [1.165, 1.54) is 13.8 Å². The Morgan fingerprint density at radius 1 is 1.06 bits per heavy atom. The van der Waals surface area contributed by atoms with E-state index in [-0.39, 0.29) is 6.61 Å². The molecular formula is C10H16N2O6. The Hall–Kier alpha value is -2.12. The van der Waals surface area contributed by atoms with Gasteiger partial charge in [0.1, 0.15) is 12.1 Å². The average Bonchev–Trinajstić information content (AvgIpc) is 2.28. The highest BCUT2D eigenvalue weighted by Gasteiger charge is 2.23. The Morgan fingerprint density at radius 2 is 1.50 bits per heavy atom. The SMILES string of the molecule is CCOC(=O)[C@H](C)NC(=O)C(=O)N[C@@H](C)C(=O)O. The molecule has 0 bridgehead atoms. The second-order valence-corrected chi connectivity index (χ2v) is 3.48. The van der Waals surface area contributed by atoms with Gasteiger partial charge in [-0.3, -0.25) is 14.4 Å². The predicted molar refractivity (Wildman–Crippen MR) is 59.5 cm³/mol. The lowest BCUT2D eigenvalue weighted by atomic mass is 10.3. The largest absolute Gasteiger partial charge is 0.480 e. The van der Waals surface area contributed by atoms with Crippen molar-refractivity contribution in [2.45, 2.75) is 32.9 Å². The number of carboxylic acid groups (broad SMARTS) is 1. The van der Waals surface area contributed by atoms with Crippen LogP contribution in [0.15, 0.2) is 0 Å². The molecule has 8 nitrogen and oxygen atoms in total. The highest BCUT2D eigenvalue weighted by atomic mass is 16.5. The fourth-order valence-corrected chi connectivity index (χ4v) is 0.912. The predicted octanol–water partition coefficient (Wildman–Crippen LogP) is -1.36. The number of hydrogen-bond acceptors (Lipinski definition) is 5. The van der Waals surface area contributed by atoms with Gasteiger partial charge in [0.2, 0.25) is 0 Å². The van der Waals surface area contributed by atoms with Crippen LogP contribution >= 0.6 is 0 Å². The molecule has 0 spiro atoms. The molecule has 0 fully saturated rings. The summed E-state index contributed by atoms with van der Waals surface area (Å²) in [7, 11) is 0. The number of carbonyl (C=O) groups excluding carboxylic acids is 3. The number of rotatable bonds is 5. The van der Waals surface area contributed by atoms with E-state index in [0.29, 0.717) is 0 Å². The quantitative estimate of drug-likeness (QED) is 0.414. The van der Waals surface area contributed by atoms with Crippen LogP contribution in [0.5, 0.6) is 0 Å². The van der Waals surface area contributed by atoms with E-state index in [9.17, 15) is 19.2 Å². The van der Waals surface area contributed by atoms with Gasteiger partial charge in [0.15, 0.2) is 0 Å². The van der Waals surface area contributed by atoms with Gasteiger partial charge in [0.25, 0.3) is 0 Å². The Morgan fingerprint density at radius 3 is 1.89 bits per heavy atom. The number of ether oxygens (including phenoxy) is 1. The van der Waals surface area contributed by atoms with Gasteiger partial charge in [0, 0.05) is 0 Å². The summed E-state index contributed by atoms with van der Waals surface area (Å²) in [6, 6.07) is -2.18. The maximum absolute atomic E-state index is 11.3. The van der Waals surface area contributed by atoms with E-state index in [1.807, 2.05) is 5.32 Å². The summed E-state index contributed by atoms with van der Waals surface area (Å²) in [4.78, 5) is 44.2. The summed E-state index contributed by atoms with van der Waals surface area (Å²) >= 11 is 0. The van der Waals surface area contributed by atoms with Crippen molar-refractivity contribution >= 4 is 23.8 Å². The first-order valence-corrected chi connectivity index (χ1v) is 5.30. The monoisotopic (exact) mass is 260 g/mol. The van der Waals surface area contributed by atoms with Gasteiger partial charge in [-0.15, -0.1) is 0 Å². The van der Waals surface area contributed by atoms with Gasteiger partial charge in [0.05, 0.1) is 6.61 Å². The molecule has 0 unspecified atom stereocenters.